The fourth-order valence-corrected chi connectivity index (χ4v) is 3.38. The molecule has 3 heteroatoms. The van der Waals surface area contributed by atoms with Gasteiger partial charge in [0.15, 0.2) is 0 Å². The molecule has 0 radical (unpaired) electrons. The molecule has 0 aliphatic rings. The van der Waals surface area contributed by atoms with Gasteiger partial charge in [0.1, 0.15) is 11.9 Å². The third-order valence-corrected chi connectivity index (χ3v) is 4.45. The summed E-state index contributed by atoms with van der Waals surface area (Å²) in [6.07, 6.45) is -0.432. The van der Waals surface area contributed by atoms with Crippen LogP contribution in [0.4, 0.5) is 0 Å². The van der Waals surface area contributed by atoms with Crippen LogP contribution in [0.15, 0.2) is 54.6 Å². The molecule has 2 nitrogen and oxygen atoms in total. The van der Waals surface area contributed by atoms with Gasteiger partial charge in [0.05, 0.1) is 6.10 Å². The molecule has 1 aromatic heterocycles. The van der Waals surface area contributed by atoms with Crippen molar-refractivity contribution in [1.82, 2.24) is 0 Å². The summed E-state index contributed by atoms with van der Waals surface area (Å²) in [4.78, 5) is 0.966. The molecule has 0 amide bonds. The van der Waals surface area contributed by atoms with Crippen LogP contribution in [-0.2, 0) is 0 Å². The van der Waals surface area contributed by atoms with Gasteiger partial charge in [0.25, 0.3) is 0 Å². The van der Waals surface area contributed by atoms with Crippen LogP contribution in [0.2, 0.25) is 0 Å². The maximum Gasteiger partial charge on any atom is 0.119 e. The Morgan fingerprint density at radius 2 is 1.71 bits per heavy atom. The van der Waals surface area contributed by atoms with E-state index in [2.05, 4.69) is 18.2 Å². The molecule has 0 aliphatic carbocycles. The first-order valence-electron chi connectivity index (χ1n) is 7.06. The number of aliphatic hydroxyl groups is 1. The minimum absolute atomic E-state index is 0.156. The van der Waals surface area contributed by atoms with Crippen molar-refractivity contribution in [3.63, 3.8) is 0 Å². The summed E-state index contributed by atoms with van der Waals surface area (Å²) in [5, 5.41) is 11.7. The number of ether oxygens (including phenoxy) is 1. The number of fused-ring (bicyclic) bond motifs is 1. The normalized spacial score (nSPS) is 12.8. The summed E-state index contributed by atoms with van der Waals surface area (Å²) in [6, 6.07) is 17.9. The van der Waals surface area contributed by atoms with Gasteiger partial charge in [0.2, 0.25) is 0 Å². The van der Waals surface area contributed by atoms with Gasteiger partial charge in [-0.2, -0.15) is 0 Å². The van der Waals surface area contributed by atoms with Crippen LogP contribution < -0.4 is 4.74 Å². The SMILES string of the molecule is CC(C)Oc1ccc(C(O)c2cc3ccccc3s2)cc1. The molecule has 0 bridgehead atoms. The quantitative estimate of drug-likeness (QED) is 0.751. The van der Waals surface area contributed by atoms with Crippen LogP contribution in [-0.4, -0.2) is 11.2 Å². The molecule has 2 aromatic carbocycles. The number of benzene rings is 2. The van der Waals surface area contributed by atoms with Crippen molar-refractivity contribution in [3.8, 4) is 5.75 Å². The van der Waals surface area contributed by atoms with E-state index in [1.807, 2.05) is 50.2 Å². The lowest BCUT2D eigenvalue weighted by molar-refractivity contribution is 0.223. The van der Waals surface area contributed by atoms with E-state index in [4.69, 9.17) is 4.74 Å². The molecule has 0 saturated carbocycles. The molecule has 1 unspecified atom stereocenters. The average molecular weight is 298 g/mol. The van der Waals surface area contributed by atoms with Crippen molar-refractivity contribution < 1.29 is 9.84 Å². The van der Waals surface area contributed by atoms with Crippen molar-refractivity contribution in [2.45, 2.75) is 26.1 Å². The number of hydrogen-bond donors (Lipinski definition) is 1. The van der Waals surface area contributed by atoms with Gasteiger partial charge in [-0.3, -0.25) is 0 Å². The van der Waals surface area contributed by atoms with E-state index in [0.717, 1.165) is 16.2 Å². The largest absolute Gasteiger partial charge is 0.491 e. The van der Waals surface area contributed by atoms with Gasteiger partial charge >= 0.3 is 0 Å². The van der Waals surface area contributed by atoms with Crippen LogP contribution >= 0.6 is 11.3 Å². The Morgan fingerprint density at radius 3 is 2.38 bits per heavy atom. The summed E-state index contributed by atoms with van der Waals surface area (Å²) in [5.41, 5.74) is 0.887. The van der Waals surface area contributed by atoms with Crippen LogP contribution in [0.3, 0.4) is 0 Å². The van der Waals surface area contributed by atoms with Gasteiger partial charge in [0, 0.05) is 9.58 Å². The van der Waals surface area contributed by atoms with Crippen LogP contribution in [0.5, 0.6) is 5.75 Å². The van der Waals surface area contributed by atoms with Crippen molar-refractivity contribution in [2.24, 2.45) is 0 Å². The number of aliphatic hydroxyl groups excluding tert-OH is 1. The first-order chi connectivity index (χ1) is 10.1. The predicted octanol–water partition coefficient (Wildman–Crippen LogP) is 4.77. The second-order valence-corrected chi connectivity index (χ2v) is 6.44. The molecule has 1 heterocycles. The predicted molar refractivity (Wildman–Crippen MR) is 88.1 cm³/mol. The Morgan fingerprint density at radius 1 is 1.00 bits per heavy atom. The molecule has 3 aromatic rings. The molecule has 108 valence electrons. The molecule has 3 rings (SSSR count). The zero-order valence-electron chi connectivity index (χ0n) is 12.1. The molecular weight excluding hydrogens is 280 g/mol. The highest BCUT2D eigenvalue weighted by molar-refractivity contribution is 7.19. The van der Waals surface area contributed by atoms with Crippen LogP contribution in [0, 0.1) is 0 Å². The second-order valence-electron chi connectivity index (χ2n) is 5.32. The Kier molecular flexibility index (Phi) is 3.95. The summed E-state index contributed by atoms with van der Waals surface area (Å²) in [7, 11) is 0. The second kappa shape index (κ2) is 5.88. The van der Waals surface area contributed by atoms with Gasteiger partial charge in [-0.1, -0.05) is 30.3 Å². The third kappa shape index (κ3) is 3.09. The maximum atomic E-state index is 10.5. The number of thiophene rings is 1. The van der Waals surface area contributed by atoms with E-state index >= 15 is 0 Å². The number of hydrogen-bond acceptors (Lipinski definition) is 3. The van der Waals surface area contributed by atoms with Crippen LogP contribution in [0.25, 0.3) is 10.1 Å². The van der Waals surface area contributed by atoms with Gasteiger partial charge in [-0.25, -0.2) is 0 Å². The fraction of sp³-hybridized carbons (Fsp3) is 0.222. The molecule has 21 heavy (non-hydrogen) atoms. The van der Waals surface area contributed by atoms with Crippen molar-refractivity contribution in [2.75, 3.05) is 0 Å². The van der Waals surface area contributed by atoms with E-state index in [1.165, 1.54) is 10.1 Å². The highest BCUT2D eigenvalue weighted by atomic mass is 32.1. The Balaban J connectivity index is 1.85. The van der Waals surface area contributed by atoms with Crippen molar-refractivity contribution in [1.29, 1.82) is 0 Å². The van der Waals surface area contributed by atoms with Gasteiger partial charge in [-0.05, 0) is 49.1 Å². The van der Waals surface area contributed by atoms with E-state index in [-0.39, 0.29) is 6.10 Å². The minimum atomic E-state index is -0.588. The Bertz CT molecular complexity index is 695. The first kappa shape index (κ1) is 14.1. The zero-order chi connectivity index (χ0) is 14.8. The molecule has 1 N–H and O–H groups in total. The minimum Gasteiger partial charge on any atom is -0.491 e. The standard InChI is InChI=1S/C18H18O2S/c1-12(2)20-15-9-7-13(8-10-15)18(19)17-11-14-5-3-4-6-16(14)21-17/h3-12,18-19H,1-2H3. The summed E-state index contributed by atoms with van der Waals surface area (Å²) >= 11 is 1.63. The Hall–Kier alpha value is -1.84. The van der Waals surface area contributed by atoms with E-state index in [9.17, 15) is 5.11 Å². The van der Waals surface area contributed by atoms with Crippen molar-refractivity contribution >= 4 is 21.4 Å². The lowest BCUT2D eigenvalue weighted by Gasteiger charge is -2.12. The molecule has 0 spiro atoms. The monoisotopic (exact) mass is 298 g/mol. The molecule has 0 saturated heterocycles. The molecular formula is C18H18O2S. The highest BCUT2D eigenvalue weighted by Crippen LogP contribution is 2.33. The average Bonchev–Trinajstić information content (AvgIpc) is 2.90. The van der Waals surface area contributed by atoms with E-state index in [1.54, 1.807) is 11.3 Å². The lowest BCUT2D eigenvalue weighted by Crippen LogP contribution is -2.05. The Labute approximate surface area is 128 Å². The molecule has 1 atom stereocenters. The zero-order valence-corrected chi connectivity index (χ0v) is 12.9. The van der Waals surface area contributed by atoms with E-state index < -0.39 is 6.10 Å². The highest BCUT2D eigenvalue weighted by Gasteiger charge is 2.13. The third-order valence-electron chi connectivity index (χ3n) is 3.28. The summed E-state index contributed by atoms with van der Waals surface area (Å²) in [6.45, 7) is 4.00. The first-order valence-corrected chi connectivity index (χ1v) is 7.88. The number of rotatable bonds is 4. The van der Waals surface area contributed by atoms with Crippen LogP contribution in [0.1, 0.15) is 30.4 Å². The van der Waals surface area contributed by atoms with Crippen molar-refractivity contribution in [3.05, 3.63) is 65.0 Å². The summed E-state index contributed by atoms with van der Waals surface area (Å²) in [5.74, 6) is 0.831. The summed E-state index contributed by atoms with van der Waals surface area (Å²) < 4.78 is 6.82. The molecule has 0 aliphatic heterocycles. The van der Waals surface area contributed by atoms with Gasteiger partial charge in [-0.15, -0.1) is 11.3 Å². The molecule has 0 fully saturated rings. The lowest BCUT2D eigenvalue weighted by atomic mass is 10.1. The fourth-order valence-electron chi connectivity index (χ4n) is 2.30. The maximum absolute atomic E-state index is 10.5. The smallest absolute Gasteiger partial charge is 0.119 e. The van der Waals surface area contributed by atoms with E-state index in [0.29, 0.717) is 0 Å². The van der Waals surface area contributed by atoms with Gasteiger partial charge < -0.3 is 9.84 Å². The topological polar surface area (TPSA) is 29.5 Å².